The quantitative estimate of drug-likeness (QED) is 0.922. The SMILES string of the molecule is COc1ccc(F)cc1C(=O)Nc1cccc(CN(C)C)c1. The number of benzene rings is 2. The van der Waals surface area contributed by atoms with Crippen molar-refractivity contribution in [3.05, 3.63) is 59.4 Å². The van der Waals surface area contributed by atoms with Crippen LogP contribution in [0.5, 0.6) is 5.75 Å². The zero-order valence-electron chi connectivity index (χ0n) is 12.9. The Labute approximate surface area is 129 Å². The fourth-order valence-corrected chi connectivity index (χ4v) is 2.17. The van der Waals surface area contributed by atoms with Crippen LogP contribution in [0.25, 0.3) is 0 Å². The summed E-state index contributed by atoms with van der Waals surface area (Å²) in [4.78, 5) is 14.3. The summed E-state index contributed by atoms with van der Waals surface area (Å²) < 4.78 is 18.5. The van der Waals surface area contributed by atoms with E-state index >= 15 is 0 Å². The van der Waals surface area contributed by atoms with E-state index in [1.165, 1.54) is 19.2 Å². The van der Waals surface area contributed by atoms with Crippen LogP contribution >= 0.6 is 0 Å². The number of hydrogen-bond donors (Lipinski definition) is 1. The average Bonchev–Trinajstić information content (AvgIpc) is 2.46. The molecule has 0 heterocycles. The zero-order chi connectivity index (χ0) is 16.1. The first-order valence-corrected chi connectivity index (χ1v) is 6.88. The molecule has 116 valence electrons. The number of amides is 1. The van der Waals surface area contributed by atoms with Gasteiger partial charge in [0.05, 0.1) is 12.7 Å². The zero-order valence-corrected chi connectivity index (χ0v) is 12.9. The fourth-order valence-electron chi connectivity index (χ4n) is 2.17. The summed E-state index contributed by atoms with van der Waals surface area (Å²) in [6.07, 6.45) is 0. The molecule has 5 heteroatoms. The molecule has 2 aromatic carbocycles. The number of ether oxygens (including phenoxy) is 1. The topological polar surface area (TPSA) is 41.6 Å². The Balaban J connectivity index is 2.20. The molecular weight excluding hydrogens is 283 g/mol. The van der Waals surface area contributed by atoms with Crippen molar-refractivity contribution in [2.45, 2.75) is 6.54 Å². The van der Waals surface area contributed by atoms with Crippen LogP contribution in [0, 0.1) is 5.82 Å². The minimum absolute atomic E-state index is 0.167. The molecule has 0 saturated carbocycles. The highest BCUT2D eigenvalue weighted by molar-refractivity contribution is 6.06. The molecule has 2 aromatic rings. The van der Waals surface area contributed by atoms with Crippen molar-refractivity contribution in [2.75, 3.05) is 26.5 Å². The van der Waals surface area contributed by atoms with Crippen LogP contribution in [0.15, 0.2) is 42.5 Å². The van der Waals surface area contributed by atoms with Gasteiger partial charge in [0.25, 0.3) is 5.91 Å². The Kier molecular flexibility index (Phi) is 5.12. The van der Waals surface area contributed by atoms with Gasteiger partial charge in [0.2, 0.25) is 0 Å². The van der Waals surface area contributed by atoms with Crippen LogP contribution in [0.4, 0.5) is 10.1 Å². The Hall–Kier alpha value is -2.40. The lowest BCUT2D eigenvalue weighted by molar-refractivity contribution is 0.102. The molecule has 0 aliphatic carbocycles. The van der Waals surface area contributed by atoms with E-state index in [-0.39, 0.29) is 5.56 Å². The minimum Gasteiger partial charge on any atom is -0.496 e. The molecule has 0 unspecified atom stereocenters. The number of anilines is 1. The maximum atomic E-state index is 13.3. The third kappa shape index (κ3) is 4.05. The molecule has 0 fully saturated rings. The first-order chi connectivity index (χ1) is 10.5. The fraction of sp³-hybridized carbons (Fsp3) is 0.235. The molecule has 1 amide bonds. The van der Waals surface area contributed by atoms with Gasteiger partial charge in [-0.2, -0.15) is 0 Å². The van der Waals surface area contributed by atoms with Crippen LogP contribution in [0.1, 0.15) is 15.9 Å². The number of carbonyl (C=O) groups excluding carboxylic acids is 1. The number of carbonyl (C=O) groups is 1. The summed E-state index contributed by atoms with van der Waals surface area (Å²) in [7, 11) is 5.40. The number of hydrogen-bond acceptors (Lipinski definition) is 3. The highest BCUT2D eigenvalue weighted by Gasteiger charge is 2.13. The molecule has 0 aliphatic heterocycles. The summed E-state index contributed by atoms with van der Waals surface area (Å²) in [5, 5.41) is 2.77. The molecule has 0 aromatic heterocycles. The van der Waals surface area contributed by atoms with E-state index in [1.54, 1.807) is 6.07 Å². The van der Waals surface area contributed by atoms with Gasteiger partial charge in [-0.25, -0.2) is 4.39 Å². The number of halogens is 1. The maximum Gasteiger partial charge on any atom is 0.259 e. The molecule has 22 heavy (non-hydrogen) atoms. The third-order valence-corrected chi connectivity index (χ3v) is 3.09. The molecule has 0 radical (unpaired) electrons. The predicted molar refractivity (Wildman–Crippen MR) is 84.7 cm³/mol. The van der Waals surface area contributed by atoms with Gasteiger partial charge in [-0.3, -0.25) is 4.79 Å². The molecule has 1 N–H and O–H groups in total. The van der Waals surface area contributed by atoms with Gasteiger partial charge in [0.15, 0.2) is 0 Å². The second kappa shape index (κ2) is 7.04. The van der Waals surface area contributed by atoms with E-state index in [0.717, 1.165) is 18.2 Å². The van der Waals surface area contributed by atoms with Gasteiger partial charge in [-0.05, 0) is 50.0 Å². The minimum atomic E-state index is -0.479. The molecule has 4 nitrogen and oxygen atoms in total. The largest absolute Gasteiger partial charge is 0.496 e. The van der Waals surface area contributed by atoms with E-state index in [4.69, 9.17) is 4.74 Å². The third-order valence-electron chi connectivity index (χ3n) is 3.09. The van der Waals surface area contributed by atoms with Crippen molar-refractivity contribution in [3.63, 3.8) is 0 Å². The Morgan fingerprint density at radius 2 is 2.00 bits per heavy atom. The van der Waals surface area contributed by atoms with Crippen molar-refractivity contribution in [3.8, 4) is 5.75 Å². The van der Waals surface area contributed by atoms with E-state index in [9.17, 15) is 9.18 Å². The summed E-state index contributed by atoms with van der Waals surface area (Å²) in [5.41, 5.74) is 1.91. The van der Waals surface area contributed by atoms with Crippen molar-refractivity contribution in [2.24, 2.45) is 0 Å². The Morgan fingerprint density at radius 3 is 2.68 bits per heavy atom. The van der Waals surface area contributed by atoms with Gasteiger partial charge in [0.1, 0.15) is 11.6 Å². The van der Waals surface area contributed by atoms with E-state index < -0.39 is 11.7 Å². The number of methoxy groups -OCH3 is 1. The van der Waals surface area contributed by atoms with Crippen LogP contribution in [-0.2, 0) is 6.54 Å². The van der Waals surface area contributed by atoms with Gasteiger partial charge in [0, 0.05) is 12.2 Å². The summed E-state index contributed by atoms with van der Waals surface area (Å²) >= 11 is 0. The van der Waals surface area contributed by atoms with Gasteiger partial charge < -0.3 is 15.0 Å². The monoisotopic (exact) mass is 302 g/mol. The van der Waals surface area contributed by atoms with E-state index in [2.05, 4.69) is 5.32 Å². The van der Waals surface area contributed by atoms with E-state index in [0.29, 0.717) is 11.4 Å². The van der Waals surface area contributed by atoms with Crippen LogP contribution in [0.2, 0.25) is 0 Å². The maximum absolute atomic E-state index is 13.3. The van der Waals surface area contributed by atoms with Crippen LogP contribution in [-0.4, -0.2) is 32.0 Å². The summed E-state index contributed by atoms with van der Waals surface area (Å²) in [6, 6.07) is 11.4. The van der Waals surface area contributed by atoms with Crippen LogP contribution < -0.4 is 10.1 Å². The first-order valence-electron chi connectivity index (χ1n) is 6.88. The molecule has 0 saturated heterocycles. The molecule has 0 spiro atoms. The van der Waals surface area contributed by atoms with Crippen molar-refractivity contribution in [1.29, 1.82) is 0 Å². The Bertz CT molecular complexity index is 671. The molecule has 0 atom stereocenters. The van der Waals surface area contributed by atoms with Gasteiger partial charge in [-0.15, -0.1) is 0 Å². The van der Waals surface area contributed by atoms with Crippen molar-refractivity contribution < 1.29 is 13.9 Å². The van der Waals surface area contributed by atoms with Crippen molar-refractivity contribution in [1.82, 2.24) is 4.90 Å². The van der Waals surface area contributed by atoms with E-state index in [1.807, 2.05) is 37.2 Å². The molecule has 2 rings (SSSR count). The molecule has 0 aliphatic rings. The van der Waals surface area contributed by atoms with Crippen LogP contribution in [0.3, 0.4) is 0 Å². The molecular formula is C17H19FN2O2. The number of rotatable bonds is 5. The smallest absolute Gasteiger partial charge is 0.259 e. The lowest BCUT2D eigenvalue weighted by atomic mass is 10.1. The standard InChI is InChI=1S/C17H19FN2O2/c1-20(2)11-12-5-4-6-14(9-12)19-17(21)15-10-13(18)7-8-16(15)22-3/h4-10H,11H2,1-3H3,(H,19,21). The summed E-state index contributed by atoms with van der Waals surface area (Å²) in [6.45, 7) is 0.771. The van der Waals surface area contributed by atoms with Gasteiger partial charge in [-0.1, -0.05) is 12.1 Å². The predicted octanol–water partition coefficient (Wildman–Crippen LogP) is 3.15. The lowest BCUT2D eigenvalue weighted by Crippen LogP contribution is -2.14. The Morgan fingerprint density at radius 1 is 1.23 bits per heavy atom. The first kappa shape index (κ1) is 16.0. The lowest BCUT2D eigenvalue weighted by Gasteiger charge is -2.12. The highest BCUT2D eigenvalue weighted by atomic mass is 19.1. The van der Waals surface area contributed by atoms with Gasteiger partial charge >= 0.3 is 0 Å². The second-order valence-electron chi connectivity index (χ2n) is 5.24. The number of nitrogens with zero attached hydrogens (tertiary/aromatic N) is 1. The average molecular weight is 302 g/mol. The summed E-state index contributed by atoms with van der Waals surface area (Å²) in [5.74, 6) is -0.547. The molecule has 0 bridgehead atoms. The normalized spacial score (nSPS) is 10.6. The second-order valence-corrected chi connectivity index (χ2v) is 5.24. The number of nitrogens with one attached hydrogen (secondary N) is 1. The highest BCUT2D eigenvalue weighted by Crippen LogP contribution is 2.21. The van der Waals surface area contributed by atoms with Crippen molar-refractivity contribution >= 4 is 11.6 Å².